The molecule has 176 valence electrons. The number of unbranched alkanes of at least 4 members (excludes halogenated alkanes) is 2. The molecule has 0 fully saturated rings. The highest BCUT2D eigenvalue weighted by atomic mass is 16.5. The fourth-order valence-corrected chi connectivity index (χ4v) is 4.26. The van der Waals surface area contributed by atoms with E-state index in [2.05, 4.69) is 67.4 Å². The molecule has 0 amide bonds. The summed E-state index contributed by atoms with van der Waals surface area (Å²) in [7, 11) is 1.72. The Balaban J connectivity index is 1.74. The summed E-state index contributed by atoms with van der Waals surface area (Å²) in [5.74, 6) is 2.58. The van der Waals surface area contributed by atoms with E-state index in [0.29, 0.717) is 6.61 Å². The zero-order valence-electron chi connectivity index (χ0n) is 20.3. The van der Waals surface area contributed by atoms with Crippen molar-refractivity contribution in [1.82, 2.24) is 10.2 Å². The molecule has 0 spiro atoms. The minimum atomic E-state index is 0.143. The molecule has 1 aliphatic rings. The molecule has 2 aromatic carbocycles. The summed E-state index contributed by atoms with van der Waals surface area (Å²) in [6.45, 7) is 11.9. The van der Waals surface area contributed by atoms with E-state index in [1.165, 1.54) is 29.5 Å². The third-order valence-electron chi connectivity index (χ3n) is 6.27. The van der Waals surface area contributed by atoms with Crippen LogP contribution in [0.15, 0.2) is 36.4 Å². The molecule has 3 rings (SSSR count). The van der Waals surface area contributed by atoms with Gasteiger partial charge in [0.25, 0.3) is 0 Å². The molecule has 0 bridgehead atoms. The lowest BCUT2D eigenvalue weighted by molar-refractivity contribution is 0.217. The van der Waals surface area contributed by atoms with Gasteiger partial charge >= 0.3 is 0 Å². The van der Waals surface area contributed by atoms with Crippen molar-refractivity contribution in [2.45, 2.75) is 52.5 Å². The average Bonchev–Trinajstić information content (AvgIpc) is 2.84. The molecule has 1 heterocycles. The Morgan fingerprint density at radius 1 is 0.938 bits per heavy atom. The molecule has 1 unspecified atom stereocenters. The summed E-state index contributed by atoms with van der Waals surface area (Å²) < 4.78 is 17.7. The monoisotopic (exact) mass is 440 g/mol. The molecule has 0 saturated heterocycles. The molecule has 2 aromatic rings. The van der Waals surface area contributed by atoms with Crippen LogP contribution in [0.1, 0.15) is 62.8 Å². The zero-order valence-corrected chi connectivity index (χ0v) is 20.3. The normalized spacial score (nSPS) is 15.5. The molecule has 0 saturated carbocycles. The van der Waals surface area contributed by atoms with Gasteiger partial charge in [-0.3, -0.25) is 0 Å². The lowest BCUT2D eigenvalue weighted by Crippen LogP contribution is -2.31. The van der Waals surface area contributed by atoms with Crippen molar-refractivity contribution in [3.8, 4) is 17.2 Å². The van der Waals surface area contributed by atoms with Gasteiger partial charge < -0.3 is 24.4 Å². The standard InChI is InChI=1S/C27H40N2O3/c1-5-8-9-17-31-23-12-10-21(11-13-23)27-24-20-26(32-18-16-29(6-2)7-3)25(30-4)19-22(24)14-15-28-27/h10-13,19-20,27-28H,5-9,14-18H2,1-4H3. The van der Waals surface area contributed by atoms with Gasteiger partial charge in [-0.25, -0.2) is 0 Å². The highest BCUT2D eigenvalue weighted by molar-refractivity contribution is 5.52. The maximum absolute atomic E-state index is 6.18. The fourth-order valence-electron chi connectivity index (χ4n) is 4.26. The Morgan fingerprint density at radius 3 is 2.41 bits per heavy atom. The van der Waals surface area contributed by atoms with Crippen molar-refractivity contribution in [2.75, 3.05) is 46.5 Å². The van der Waals surface area contributed by atoms with E-state index >= 15 is 0 Å². The van der Waals surface area contributed by atoms with Crippen LogP contribution in [0.3, 0.4) is 0 Å². The maximum Gasteiger partial charge on any atom is 0.161 e. The quantitative estimate of drug-likeness (QED) is 0.433. The van der Waals surface area contributed by atoms with Crippen LogP contribution in [-0.4, -0.2) is 51.4 Å². The Morgan fingerprint density at radius 2 is 1.72 bits per heavy atom. The summed E-state index contributed by atoms with van der Waals surface area (Å²) >= 11 is 0. The Bertz CT molecular complexity index is 818. The molecule has 5 heteroatoms. The Labute approximate surface area is 194 Å². The van der Waals surface area contributed by atoms with Crippen LogP contribution in [0.5, 0.6) is 17.2 Å². The number of likely N-dealkylation sites (N-methyl/N-ethyl adjacent to an activating group) is 1. The predicted molar refractivity (Wildman–Crippen MR) is 131 cm³/mol. The lowest BCUT2D eigenvalue weighted by Gasteiger charge is -2.29. The average molecular weight is 441 g/mol. The third kappa shape index (κ3) is 6.39. The molecule has 5 nitrogen and oxygen atoms in total. The topological polar surface area (TPSA) is 43.0 Å². The first-order valence-electron chi connectivity index (χ1n) is 12.2. The van der Waals surface area contributed by atoms with E-state index in [4.69, 9.17) is 14.2 Å². The largest absolute Gasteiger partial charge is 0.494 e. The van der Waals surface area contributed by atoms with Gasteiger partial charge in [-0.2, -0.15) is 0 Å². The van der Waals surface area contributed by atoms with Gasteiger partial charge in [-0.05, 0) is 66.9 Å². The van der Waals surface area contributed by atoms with Gasteiger partial charge in [-0.15, -0.1) is 0 Å². The van der Waals surface area contributed by atoms with Crippen molar-refractivity contribution in [2.24, 2.45) is 0 Å². The SMILES string of the molecule is CCCCCOc1ccc(C2NCCc3cc(OC)c(OCCN(CC)CC)cc32)cc1. The predicted octanol–water partition coefficient (Wildman–Crippen LogP) is 5.22. The van der Waals surface area contributed by atoms with E-state index in [-0.39, 0.29) is 6.04 Å². The minimum absolute atomic E-state index is 0.143. The Hall–Kier alpha value is -2.24. The summed E-state index contributed by atoms with van der Waals surface area (Å²) in [6.07, 6.45) is 4.51. The molecule has 32 heavy (non-hydrogen) atoms. The van der Waals surface area contributed by atoms with Crippen LogP contribution < -0.4 is 19.5 Å². The molecule has 1 atom stereocenters. The molecule has 0 aliphatic carbocycles. The number of nitrogens with one attached hydrogen (secondary N) is 1. The molecule has 0 aromatic heterocycles. The van der Waals surface area contributed by atoms with Gasteiger partial charge in [0, 0.05) is 13.1 Å². The first kappa shape index (κ1) is 24.4. The highest BCUT2D eigenvalue weighted by Gasteiger charge is 2.24. The number of benzene rings is 2. The van der Waals surface area contributed by atoms with Gasteiger partial charge in [0.15, 0.2) is 11.5 Å². The van der Waals surface area contributed by atoms with Crippen LogP contribution in [0, 0.1) is 0 Å². The van der Waals surface area contributed by atoms with Crippen LogP contribution in [0.2, 0.25) is 0 Å². The van der Waals surface area contributed by atoms with E-state index in [0.717, 1.165) is 62.9 Å². The van der Waals surface area contributed by atoms with Gasteiger partial charge in [0.1, 0.15) is 12.4 Å². The van der Waals surface area contributed by atoms with E-state index in [1.54, 1.807) is 7.11 Å². The van der Waals surface area contributed by atoms with Crippen LogP contribution in [0.25, 0.3) is 0 Å². The van der Waals surface area contributed by atoms with Crippen molar-refractivity contribution in [3.63, 3.8) is 0 Å². The van der Waals surface area contributed by atoms with E-state index in [9.17, 15) is 0 Å². The first-order chi connectivity index (χ1) is 15.7. The van der Waals surface area contributed by atoms with Crippen LogP contribution in [0.4, 0.5) is 0 Å². The van der Waals surface area contributed by atoms with Crippen molar-refractivity contribution < 1.29 is 14.2 Å². The molecular weight excluding hydrogens is 400 g/mol. The highest BCUT2D eigenvalue weighted by Crippen LogP contribution is 2.38. The fraction of sp³-hybridized carbons (Fsp3) is 0.556. The van der Waals surface area contributed by atoms with Crippen LogP contribution >= 0.6 is 0 Å². The second kappa shape index (κ2) is 12.7. The smallest absolute Gasteiger partial charge is 0.161 e. The first-order valence-corrected chi connectivity index (χ1v) is 12.2. The zero-order chi connectivity index (χ0) is 22.8. The molecule has 0 radical (unpaired) electrons. The second-order valence-electron chi connectivity index (χ2n) is 8.34. The maximum atomic E-state index is 6.18. The molecular formula is C27H40N2O3. The number of methoxy groups -OCH3 is 1. The van der Waals surface area contributed by atoms with E-state index in [1.807, 2.05) is 0 Å². The number of rotatable bonds is 13. The number of nitrogens with zero attached hydrogens (tertiary/aromatic N) is 1. The van der Waals surface area contributed by atoms with Crippen molar-refractivity contribution >= 4 is 0 Å². The number of hydrogen-bond acceptors (Lipinski definition) is 5. The van der Waals surface area contributed by atoms with E-state index < -0.39 is 0 Å². The van der Waals surface area contributed by atoms with Crippen molar-refractivity contribution in [1.29, 1.82) is 0 Å². The number of hydrogen-bond donors (Lipinski definition) is 1. The minimum Gasteiger partial charge on any atom is -0.494 e. The second-order valence-corrected chi connectivity index (χ2v) is 8.34. The summed E-state index contributed by atoms with van der Waals surface area (Å²) in [5, 5.41) is 3.68. The summed E-state index contributed by atoms with van der Waals surface area (Å²) in [6, 6.07) is 13.0. The summed E-state index contributed by atoms with van der Waals surface area (Å²) in [4.78, 5) is 2.36. The summed E-state index contributed by atoms with van der Waals surface area (Å²) in [5.41, 5.74) is 3.83. The molecule has 1 aliphatic heterocycles. The van der Waals surface area contributed by atoms with Crippen molar-refractivity contribution in [3.05, 3.63) is 53.1 Å². The Kier molecular flexibility index (Phi) is 9.69. The van der Waals surface area contributed by atoms with Gasteiger partial charge in [0.05, 0.1) is 19.8 Å². The number of fused-ring (bicyclic) bond motifs is 1. The number of ether oxygens (including phenoxy) is 3. The van der Waals surface area contributed by atoms with Crippen LogP contribution in [-0.2, 0) is 6.42 Å². The third-order valence-corrected chi connectivity index (χ3v) is 6.27. The lowest BCUT2D eigenvalue weighted by atomic mass is 9.89. The molecule has 1 N–H and O–H groups in total. The van der Waals surface area contributed by atoms with Gasteiger partial charge in [0.2, 0.25) is 0 Å². The van der Waals surface area contributed by atoms with Gasteiger partial charge in [-0.1, -0.05) is 45.7 Å².